The van der Waals surface area contributed by atoms with Gasteiger partial charge in [-0.25, -0.2) is 4.98 Å². The van der Waals surface area contributed by atoms with Gasteiger partial charge < -0.3 is 5.11 Å². The third kappa shape index (κ3) is 2.18. The number of nitriles is 1. The van der Waals surface area contributed by atoms with Gasteiger partial charge in [0.2, 0.25) is 0 Å². The first-order valence-corrected chi connectivity index (χ1v) is 5.83. The lowest BCUT2D eigenvalue weighted by Gasteiger charge is -2.12. The number of phenols is 1. The molecular formula is C15H14N2O. The van der Waals surface area contributed by atoms with E-state index in [1.807, 2.05) is 38.1 Å². The smallest absolute Gasteiger partial charge is 0.141 e. The van der Waals surface area contributed by atoms with E-state index in [9.17, 15) is 5.11 Å². The quantitative estimate of drug-likeness (QED) is 0.871. The molecule has 0 bridgehead atoms. The van der Waals surface area contributed by atoms with Crippen LogP contribution in [0.1, 0.15) is 31.0 Å². The number of pyridine rings is 1. The number of para-hydroxylation sites is 1. The third-order valence-corrected chi connectivity index (χ3v) is 2.83. The fraction of sp³-hybridized carbons (Fsp3) is 0.200. The molecule has 0 aliphatic rings. The van der Waals surface area contributed by atoms with Crippen LogP contribution in [-0.2, 0) is 0 Å². The first-order valence-electron chi connectivity index (χ1n) is 5.83. The zero-order valence-electron chi connectivity index (χ0n) is 10.4. The van der Waals surface area contributed by atoms with Gasteiger partial charge in [0.25, 0.3) is 0 Å². The first-order chi connectivity index (χ1) is 8.63. The zero-order chi connectivity index (χ0) is 13.1. The molecule has 1 heterocycles. The molecule has 1 N–H and O–H groups in total. The van der Waals surface area contributed by atoms with E-state index in [2.05, 4.69) is 4.98 Å². The van der Waals surface area contributed by atoms with Crippen molar-refractivity contribution in [2.75, 3.05) is 0 Å². The fourth-order valence-corrected chi connectivity index (χ4v) is 1.88. The summed E-state index contributed by atoms with van der Waals surface area (Å²) in [6.45, 7) is 4.05. The Morgan fingerprint density at radius 1 is 1.17 bits per heavy atom. The van der Waals surface area contributed by atoms with Crippen LogP contribution in [0.25, 0.3) is 11.3 Å². The van der Waals surface area contributed by atoms with Crippen LogP contribution in [0.15, 0.2) is 36.4 Å². The minimum absolute atomic E-state index is 0.240. The van der Waals surface area contributed by atoms with Gasteiger partial charge in [-0.1, -0.05) is 32.0 Å². The molecule has 0 radical (unpaired) electrons. The molecule has 18 heavy (non-hydrogen) atoms. The Bertz CT molecular complexity index is 612. The van der Waals surface area contributed by atoms with Crippen molar-refractivity contribution in [1.29, 1.82) is 5.26 Å². The maximum Gasteiger partial charge on any atom is 0.141 e. The molecule has 1 aromatic heterocycles. The van der Waals surface area contributed by atoms with Gasteiger partial charge in [-0.15, -0.1) is 0 Å². The summed E-state index contributed by atoms with van der Waals surface area (Å²) in [5.74, 6) is 0.485. The van der Waals surface area contributed by atoms with Gasteiger partial charge in [-0.05, 0) is 29.7 Å². The van der Waals surface area contributed by atoms with Crippen molar-refractivity contribution in [2.24, 2.45) is 0 Å². The van der Waals surface area contributed by atoms with Gasteiger partial charge in [0.15, 0.2) is 0 Å². The number of aromatic nitrogens is 1. The van der Waals surface area contributed by atoms with Crippen molar-refractivity contribution in [3.8, 4) is 23.1 Å². The molecule has 0 atom stereocenters. The summed E-state index contributed by atoms with van der Waals surface area (Å²) in [6, 6.07) is 12.8. The van der Waals surface area contributed by atoms with E-state index in [4.69, 9.17) is 5.26 Å². The Hall–Kier alpha value is -2.34. The topological polar surface area (TPSA) is 56.9 Å². The van der Waals surface area contributed by atoms with Crippen LogP contribution in [0.2, 0.25) is 0 Å². The molecule has 3 heteroatoms. The largest absolute Gasteiger partial charge is 0.507 e. The van der Waals surface area contributed by atoms with Gasteiger partial charge in [0.1, 0.15) is 17.5 Å². The van der Waals surface area contributed by atoms with Crippen LogP contribution in [0.4, 0.5) is 0 Å². The van der Waals surface area contributed by atoms with E-state index >= 15 is 0 Å². The van der Waals surface area contributed by atoms with E-state index in [0.29, 0.717) is 17.0 Å². The molecule has 0 fully saturated rings. The Kier molecular flexibility index (Phi) is 3.29. The molecule has 0 spiro atoms. The second kappa shape index (κ2) is 4.89. The molecule has 0 aliphatic carbocycles. The van der Waals surface area contributed by atoms with Gasteiger partial charge >= 0.3 is 0 Å². The highest BCUT2D eigenvalue weighted by molar-refractivity contribution is 5.69. The van der Waals surface area contributed by atoms with Gasteiger partial charge in [0.05, 0.1) is 5.69 Å². The van der Waals surface area contributed by atoms with Crippen LogP contribution >= 0.6 is 0 Å². The lowest BCUT2D eigenvalue weighted by atomic mass is 9.97. The number of aromatic hydroxyl groups is 1. The molecule has 2 aromatic rings. The van der Waals surface area contributed by atoms with E-state index in [0.717, 1.165) is 5.56 Å². The summed E-state index contributed by atoms with van der Waals surface area (Å²) in [5.41, 5.74) is 2.52. The average Bonchev–Trinajstić information content (AvgIpc) is 2.38. The van der Waals surface area contributed by atoms with Crippen molar-refractivity contribution in [2.45, 2.75) is 19.8 Å². The fourth-order valence-electron chi connectivity index (χ4n) is 1.88. The van der Waals surface area contributed by atoms with Crippen LogP contribution < -0.4 is 0 Å². The predicted molar refractivity (Wildman–Crippen MR) is 70.1 cm³/mol. The molecule has 3 nitrogen and oxygen atoms in total. The molecule has 90 valence electrons. The van der Waals surface area contributed by atoms with Gasteiger partial charge in [-0.2, -0.15) is 5.26 Å². The number of rotatable bonds is 2. The molecule has 1 aromatic carbocycles. The molecule has 0 saturated carbocycles. The highest BCUT2D eigenvalue weighted by atomic mass is 16.3. The van der Waals surface area contributed by atoms with Crippen LogP contribution in [0.3, 0.4) is 0 Å². The summed E-state index contributed by atoms with van der Waals surface area (Å²) in [4.78, 5) is 4.20. The van der Waals surface area contributed by atoms with E-state index in [1.54, 1.807) is 18.2 Å². The molecular weight excluding hydrogens is 224 g/mol. The van der Waals surface area contributed by atoms with Crippen molar-refractivity contribution in [3.63, 3.8) is 0 Å². The SMILES string of the molecule is CC(C)c1cccc(-c2cccc(C#N)n2)c1O. The van der Waals surface area contributed by atoms with Crippen molar-refractivity contribution in [1.82, 2.24) is 4.98 Å². The standard InChI is InChI=1S/C15H14N2O/c1-10(2)12-6-4-7-13(15(12)18)14-8-3-5-11(9-16)17-14/h3-8,10,18H,1-2H3. The van der Waals surface area contributed by atoms with E-state index < -0.39 is 0 Å². The number of hydrogen-bond donors (Lipinski definition) is 1. The lowest BCUT2D eigenvalue weighted by Crippen LogP contribution is -1.92. The van der Waals surface area contributed by atoms with E-state index in [-0.39, 0.29) is 11.7 Å². The predicted octanol–water partition coefficient (Wildman–Crippen LogP) is 3.45. The normalized spacial score (nSPS) is 10.3. The Balaban J connectivity index is 2.58. The minimum Gasteiger partial charge on any atom is -0.507 e. The molecule has 0 aliphatic heterocycles. The summed E-state index contributed by atoms with van der Waals surface area (Å²) in [5, 5.41) is 19.1. The Morgan fingerprint density at radius 2 is 1.89 bits per heavy atom. The summed E-state index contributed by atoms with van der Waals surface area (Å²) in [6.07, 6.45) is 0. The monoisotopic (exact) mass is 238 g/mol. The maximum absolute atomic E-state index is 10.3. The lowest BCUT2D eigenvalue weighted by molar-refractivity contribution is 0.466. The Labute approximate surface area is 106 Å². The average molecular weight is 238 g/mol. The van der Waals surface area contributed by atoms with Crippen LogP contribution in [0.5, 0.6) is 5.75 Å². The third-order valence-electron chi connectivity index (χ3n) is 2.83. The number of benzene rings is 1. The molecule has 0 amide bonds. The number of phenolic OH excluding ortho intramolecular Hbond substituents is 1. The van der Waals surface area contributed by atoms with Crippen LogP contribution in [0, 0.1) is 11.3 Å². The van der Waals surface area contributed by atoms with Crippen molar-refractivity contribution >= 4 is 0 Å². The van der Waals surface area contributed by atoms with Gasteiger partial charge in [-0.3, -0.25) is 0 Å². The van der Waals surface area contributed by atoms with E-state index in [1.165, 1.54) is 0 Å². The second-order valence-corrected chi connectivity index (χ2v) is 4.42. The molecule has 2 rings (SSSR count). The van der Waals surface area contributed by atoms with Crippen LogP contribution in [-0.4, -0.2) is 10.1 Å². The maximum atomic E-state index is 10.3. The van der Waals surface area contributed by atoms with Crippen molar-refractivity contribution < 1.29 is 5.11 Å². The highest BCUT2D eigenvalue weighted by Crippen LogP contribution is 2.34. The molecule has 0 saturated heterocycles. The number of nitrogens with zero attached hydrogens (tertiary/aromatic N) is 2. The first kappa shape index (κ1) is 12.1. The second-order valence-electron chi connectivity index (χ2n) is 4.42. The summed E-state index contributed by atoms with van der Waals surface area (Å²) >= 11 is 0. The Morgan fingerprint density at radius 3 is 2.56 bits per heavy atom. The molecule has 0 unspecified atom stereocenters. The minimum atomic E-state index is 0.240. The van der Waals surface area contributed by atoms with Crippen molar-refractivity contribution in [3.05, 3.63) is 47.7 Å². The summed E-state index contributed by atoms with van der Waals surface area (Å²) in [7, 11) is 0. The van der Waals surface area contributed by atoms with Gasteiger partial charge in [0, 0.05) is 5.56 Å². The number of hydrogen-bond acceptors (Lipinski definition) is 3. The highest BCUT2D eigenvalue weighted by Gasteiger charge is 2.12. The zero-order valence-corrected chi connectivity index (χ0v) is 10.4. The summed E-state index contributed by atoms with van der Waals surface area (Å²) < 4.78 is 0.